The number of nitrogens with one attached hydrogen (secondary N) is 1. The number of hydrogen-bond donors (Lipinski definition) is 1. The third-order valence-electron chi connectivity index (χ3n) is 2.76. The molecular formula is C13H16F5NO. The summed E-state index contributed by atoms with van der Waals surface area (Å²) in [6.07, 6.45) is -3.91. The van der Waals surface area contributed by atoms with Gasteiger partial charge in [0.25, 0.3) is 0 Å². The van der Waals surface area contributed by atoms with Crippen LogP contribution in [0.4, 0.5) is 22.0 Å². The fourth-order valence-electron chi connectivity index (χ4n) is 1.73. The molecule has 0 heterocycles. The van der Waals surface area contributed by atoms with Crippen LogP contribution in [-0.2, 0) is 11.2 Å². The van der Waals surface area contributed by atoms with E-state index in [1.165, 1.54) is 0 Å². The molecule has 0 fully saturated rings. The van der Waals surface area contributed by atoms with E-state index in [0.717, 1.165) is 18.2 Å². The molecule has 1 unspecified atom stereocenters. The Morgan fingerprint density at radius 3 is 2.55 bits per heavy atom. The quantitative estimate of drug-likeness (QED) is 0.617. The SMILES string of the molecule is CNC(CCOCC(F)(F)F)Cc1cc(F)ccc1F. The van der Waals surface area contributed by atoms with Crippen molar-refractivity contribution in [1.82, 2.24) is 5.32 Å². The zero-order valence-corrected chi connectivity index (χ0v) is 10.9. The second-order valence-corrected chi connectivity index (χ2v) is 4.38. The van der Waals surface area contributed by atoms with Crippen molar-refractivity contribution in [3.8, 4) is 0 Å². The highest BCUT2D eigenvalue weighted by molar-refractivity contribution is 5.19. The lowest BCUT2D eigenvalue weighted by Crippen LogP contribution is -2.30. The van der Waals surface area contributed by atoms with E-state index in [2.05, 4.69) is 10.1 Å². The van der Waals surface area contributed by atoms with Gasteiger partial charge in [0.1, 0.15) is 18.2 Å². The van der Waals surface area contributed by atoms with Crippen molar-refractivity contribution in [3.63, 3.8) is 0 Å². The lowest BCUT2D eigenvalue weighted by Gasteiger charge is -2.17. The molecule has 0 aliphatic rings. The molecule has 0 aliphatic heterocycles. The second kappa shape index (κ2) is 7.54. The Hall–Kier alpha value is -1.21. The van der Waals surface area contributed by atoms with Crippen LogP contribution in [0.2, 0.25) is 0 Å². The van der Waals surface area contributed by atoms with Crippen LogP contribution in [0.15, 0.2) is 18.2 Å². The van der Waals surface area contributed by atoms with E-state index < -0.39 is 24.4 Å². The average Bonchev–Trinajstić information content (AvgIpc) is 2.36. The summed E-state index contributed by atoms with van der Waals surface area (Å²) in [5.74, 6) is -1.09. The fraction of sp³-hybridized carbons (Fsp3) is 0.538. The molecule has 0 spiro atoms. The maximum atomic E-state index is 13.4. The molecule has 114 valence electrons. The van der Waals surface area contributed by atoms with Crippen molar-refractivity contribution in [2.75, 3.05) is 20.3 Å². The van der Waals surface area contributed by atoms with E-state index in [1.54, 1.807) is 7.05 Å². The molecule has 1 rings (SSSR count). The Labute approximate surface area is 113 Å². The minimum atomic E-state index is -4.36. The summed E-state index contributed by atoms with van der Waals surface area (Å²) in [4.78, 5) is 0. The van der Waals surface area contributed by atoms with E-state index >= 15 is 0 Å². The Bertz CT molecular complexity index is 422. The molecule has 2 nitrogen and oxygen atoms in total. The molecule has 1 N–H and O–H groups in total. The van der Waals surface area contributed by atoms with Crippen LogP contribution >= 0.6 is 0 Å². The van der Waals surface area contributed by atoms with Crippen molar-refractivity contribution >= 4 is 0 Å². The number of halogens is 5. The van der Waals surface area contributed by atoms with Crippen LogP contribution in [0.25, 0.3) is 0 Å². The molecule has 1 atom stereocenters. The average molecular weight is 297 g/mol. The van der Waals surface area contributed by atoms with Gasteiger partial charge in [-0.05, 0) is 43.7 Å². The highest BCUT2D eigenvalue weighted by Gasteiger charge is 2.27. The Morgan fingerprint density at radius 1 is 1.25 bits per heavy atom. The molecule has 0 radical (unpaired) electrons. The van der Waals surface area contributed by atoms with Crippen molar-refractivity contribution in [2.45, 2.75) is 25.1 Å². The molecule has 0 aliphatic carbocycles. The van der Waals surface area contributed by atoms with Gasteiger partial charge in [-0.3, -0.25) is 0 Å². The van der Waals surface area contributed by atoms with Crippen molar-refractivity contribution in [3.05, 3.63) is 35.4 Å². The standard InChI is InChI=1S/C13H16F5NO/c1-19-11(4-5-20-8-13(16,17)18)7-9-6-10(14)2-3-12(9)15/h2-3,6,11,19H,4-5,7-8H2,1H3. The fourth-order valence-corrected chi connectivity index (χ4v) is 1.73. The molecule has 0 amide bonds. The van der Waals surface area contributed by atoms with Crippen LogP contribution in [-0.4, -0.2) is 32.5 Å². The first-order valence-corrected chi connectivity index (χ1v) is 6.07. The molecular weight excluding hydrogens is 281 g/mol. The van der Waals surface area contributed by atoms with Gasteiger partial charge in [0.05, 0.1) is 0 Å². The van der Waals surface area contributed by atoms with Gasteiger partial charge in [0.15, 0.2) is 0 Å². The summed E-state index contributed by atoms with van der Waals surface area (Å²) in [7, 11) is 1.60. The lowest BCUT2D eigenvalue weighted by atomic mass is 10.0. The van der Waals surface area contributed by atoms with E-state index in [0.29, 0.717) is 0 Å². The van der Waals surface area contributed by atoms with Gasteiger partial charge in [-0.1, -0.05) is 0 Å². The monoisotopic (exact) mass is 297 g/mol. The van der Waals surface area contributed by atoms with E-state index in [-0.39, 0.29) is 31.1 Å². The second-order valence-electron chi connectivity index (χ2n) is 4.38. The summed E-state index contributed by atoms with van der Waals surface area (Å²) in [5.41, 5.74) is 0.181. The summed E-state index contributed by atoms with van der Waals surface area (Å²) in [5, 5.41) is 2.84. The van der Waals surface area contributed by atoms with Gasteiger partial charge in [-0.2, -0.15) is 13.2 Å². The maximum Gasteiger partial charge on any atom is 0.411 e. The molecule has 1 aromatic carbocycles. The third-order valence-corrected chi connectivity index (χ3v) is 2.76. The number of ether oxygens (including phenoxy) is 1. The van der Waals surface area contributed by atoms with Crippen molar-refractivity contribution in [2.24, 2.45) is 0 Å². The Balaban J connectivity index is 2.45. The van der Waals surface area contributed by atoms with Crippen LogP contribution in [0.1, 0.15) is 12.0 Å². The third kappa shape index (κ3) is 6.29. The number of likely N-dealkylation sites (N-methyl/N-ethyl adjacent to an activating group) is 1. The first-order valence-electron chi connectivity index (χ1n) is 6.07. The molecule has 0 bridgehead atoms. The van der Waals surface area contributed by atoms with Gasteiger partial charge < -0.3 is 10.1 Å². The smallest absolute Gasteiger partial charge is 0.372 e. The minimum Gasteiger partial charge on any atom is -0.372 e. The predicted molar refractivity (Wildman–Crippen MR) is 64.4 cm³/mol. The minimum absolute atomic E-state index is 0.109. The first kappa shape index (κ1) is 16.8. The van der Waals surface area contributed by atoms with Gasteiger partial charge in [0, 0.05) is 12.6 Å². The normalized spacial score (nSPS) is 13.5. The van der Waals surface area contributed by atoms with Crippen molar-refractivity contribution < 1.29 is 26.7 Å². The Kier molecular flexibility index (Phi) is 6.35. The summed E-state index contributed by atoms with van der Waals surface area (Å²) >= 11 is 0. The molecule has 7 heteroatoms. The largest absolute Gasteiger partial charge is 0.411 e. The van der Waals surface area contributed by atoms with E-state index in [4.69, 9.17) is 0 Å². The molecule has 0 saturated heterocycles. The first-order chi connectivity index (χ1) is 9.31. The number of hydrogen-bond acceptors (Lipinski definition) is 2. The topological polar surface area (TPSA) is 21.3 Å². The Morgan fingerprint density at radius 2 is 1.95 bits per heavy atom. The highest BCUT2D eigenvalue weighted by atomic mass is 19.4. The molecule has 0 saturated carbocycles. The van der Waals surface area contributed by atoms with Crippen LogP contribution < -0.4 is 5.32 Å². The molecule has 20 heavy (non-hydrogen) atoms. The highest BCUT2D eigenvalue weighted by Crippen LogP contribution is 2.16. The summed E-state index contributed by atoms with van der Waals surface area (Å²) < 4.78 is 66.6. The predicted octanol–water partition coefficient (Wildman–Crippen LogP) is 3.06. The lowest BCUT2D eigenvalue weighted by molar-refractivity contribution is -0.174. The van der Waals surface area contributed by atoms with E-state index in [1.807, 2.05) is 0 Å². The van der Waals surface area contributed by atoms with Crippen LogP contribution in [0.3, 0.4) is 0 Å². The zero-order chi connectivity index (χ0) is 15.2. The summed E-state index contributed by atoms with van der Waals surface area (Å²) in [6.45, 7) is -1.42. The maximum absolute atomic E-state index is 13.4. The number of benzene rings is 1. The summed E-state index contributed by atoms with van der Waals surface area (Å²) in [6, 6.07) is 2.83. The van der Waals surface area contributed by atoms with E-state index in [9.17, 15) is 22.0 Å². The van der Waals surface area contributed by atoms with Gasteiger partial charge >= 0.3 is 6.18 Å². The number of alkyl halides is 3. The molecule has 1 aromatic rings. The van der Waals surface area contributed by atoms with Crippen LogP contribution in [0.5, 0.6) is 0 Å². The van der Waals surface area contributed by atoms with Crippen LogP contribution in [0, 0.1) is 11.6 Å². The van der Waals surface area contributed by atoms with Crippen molar-refractivity contribution in [1.29, 1.82) is 0 Å². The van der Waals surface area contributed by atoms with Gasteiger partial charge in [-0.25, -0.2) is 8.78 Å². The number of rotatable bonds is 7. The molecule has 0 aromatic heterocycles. The van der Waals surface area contributed by atoms with Gasteiger partial charge in [0.2, 0.25) is 0 Å². The zero-order valence-electron chi connectivity index (χ0n) is 10.9. The van der Waals surface area contributed by atoms with Gasteiger partial charge in [-0.15, -0.1) is 0 Å².